The third-order valence-electron chi connectivity index (χ3n) is 8.32. The van der Waals surface area contributed by atoms with Crippen LogP contribution in [0.3, 0.4) is 0 Å². The lowest BCUT2D eigenvalue weighted by molar-refractivity contribution is 0.460. The Morgan fingerprint density at radius 3 is 1.40 bits per heavy atom. The Bertz CT molecular complexity index is 2240. The Morgan fingerprint density at radius 1 is 0.438 bits per heavy atom. The van der Waals surface area contributed by atoms with E-state index in [1.165, 1.54) is 22.3 Å². The molecule has 6 heteroatoms. The van der Waals surface area contributed by atoms with Crippen LogP contribution < -0.4 is 9.47 Å². The van der Waals surface area contributed by atoms with E-state index in [2.05, 4.69) is 119 Å². The first-order chi connectivity index (χ1) is 23.3. The molecule has 4 nitrogen and oxygen atoms in total. The molecule has 2 aromatic heterocycles. The van der Waals surface area contributed by atoms with Gasteiger partial charge in [0.1, 0.15) is 33.0 Å². The van der Waals surface area contributed by atoms with Crippen molar-refractivity contribution in [1.29, 1.82) is 0 Å². The van der Waals surface area contributed by atoms with Gasteiger partial charge in [-0.3, -0.25) is 0 Å². The molecule has 0 atom stereocenters. The van der Waals surface area contributed by atoms with E-state index in [1.807, 2.05) is 30.3 Å². The van der Waals surface area contributed by atoms with E-state index < -0.39 is 0 Å². The van der Waals surface area contributed by atoms with Crippen LogP contribution in [0.25, 0.3) is 52.7 Å². The molecule has 0 N–H and O–H groups in total. The van der Waals surface area contributed by atoms with Crippen molar-refractivity contribution in [3.8, 4) is 55.3 Å². The number of benzene rings is 6. The second-order valence-electron chi connectivity index (χ2n) is 12.2. The lowest BCUT2D eigenvalue weighted by Gasteiger charge is -2.13. The average molecular weight is 661 g/mol. The summed E-state index contributed by atoms with van der Waals surface area (Å²) in [5.41, 5.74) is 10.9. The van der Waals surface area contributed by atoms with E-state index in [9.17, 15) is 0 Å². The van der Waals surface area contributed by atoms with Crippen LogP contribution in [0.1, 0.15) is 22.3 Å². The van der Waals surface area contributed by atoms with Gasteiger partial charge in [0.15, 0.2) is 0 Å². The highest BCUT2D eigenvalue weighted by atomic mass is 32.1. The van der Waals surface area contributed by atoms with Gasteiger partial charge in [-0.05, 0) is 75.7 Å². The zero-order valence-corrected chi connectivity index (χ0v) is 28.7. The van der Waals surface area contributed by atoms with E-state index in [0.29, 0.717) is 11.5 Å². The van der Waals surface area contributed by atoms with Crippen LogP contribution in [-0.2, 0) is 0 Å². The minimum absolute atomic E-state index is 0.681. The Labute approximate surface area is 287 Å². The molecule has 0 aliphatic rings. The number of ether oxygens (including phenoxy) is 2. The molecule has 0 bridgehead atoms. The Hall–Kier alpha value is -5.30. The number of nitrogens with zero attached hydrogens (tertiary/aromatic N) is 2. The Balaban J connectivity index is 1.35. The Kier molecular flexibility index (Phi) is 7.75. The fourth-order valence-corrected chi connectivity index (χ4v) is 7.81. The normalized spacial score (nSPS) is 11.3. The highest BCUT2D eigenvalue weighted by Gasteiger charge is 2.21. The van der Waals surface area contributed by atoms with E-state index >= 15 is 0 Å². The fraction of sp³-hybridized carbons (Fsp3) is 0.0952. The van der Waals surface area contributed by atoms with Crippen molar-refractivity contribution in [2.75, 3.05) is 0 Å². The van der Waals surface area contributed by atoms with Gasteiger partial charge in [0, 0.05) is 22.8 Å². The minimum atomic E-state index is 0.681. The maximum absolute atomic E-state index is 6.48. The lowest BCUT2D eigenvalue weighted by atomic mass is 10.0. The number of hydrogen-bond acceptors (Lipinski definition) is 6. The van der Waals surface area contributed by atoms with Gasteiger partial charge in [-0.2, -0.15) is 0 Å². The summed E-state index contributed by atoms with van der Waals surface area (Å²) in [6.07, 6.45) is 0. The van der Waals surface area contributed by atoms with Gasteiger partial charge in [-0.1, -0.05) is 95.1 Å². The predicted octanol–water partition coefficient (Wildman–Crippen LogP) is 12.7. The van der Waals surface area contributed by atoms with Gasteiger partial charge in [-0.25, -0.2) is 9.97 Å². The smallest absolute Gasteiger partial charge is 0.131 e. The molecule has 0 spiro atoms. The quantitative estimate of drug-likeness (QED) is 0.171. The van der Waals surface area contributed by atoms with Crippen LogP contribution in [0.2, 0.25) is 0 Å². The van der Waals surface area contributed by atoms with E-state index in [1.54, 1.807) is 22.7 Å². The SMILES string of the molecule is Cc1ccc(Oc2cc(Oc3ccc(C)cc3)cc(-c3c4nc(-c5ccc(C)cc5)sc4cc4nc(-c5ccc(C)cc5)sc34)c2)cc1. The zero-order valence-electron chi connectivity index (χ0n) is 27.1. The van der Waals surface area contributed by atoms with Crippen molar-refractivity contribution >= 4 is 43.1 Å². The largest absolute Gasteiger partial charge is 0.457 e. The molecular formula is C42H32N2O2S2. The minimum Gasteiger partial charge on any atom is -0.457 e. The van der Waals surface area contributed by atoms with Crippen molar-refractivity contribution in [3.05, 3.63) is 144 Å². The van der Waals surface area contributed by atoms with Gasteiger partial charge in [0.2, 0.25) is 0 Å². The first-order valence-corrected chi connectivity index (χ1v) is 17.5. The highest BCUT2D eigenvalue weighted by molar-refractivity contribution is 7.23. The molecule has 2 heterocycles. The number of hydrogen-bond donors (Lipinski definition) is 0. The highest BCUT2D eigenvalue weighted by Crippen LogP contribution is 2.46. The fourth-order valence-electron chi connectivity index (χ4n) is 5.68. The van der Waals surface area contributed by atoms with E-state index in [0.717, 1.165) is 64.2 Å². The van der Waals surface area contributed by atoms with Crippen LogP contribution in [0, 0.1) is 27.7 Å². The summed E-state index contributed by atoms with van der Waals surface area (Å²) in [5, 5.41) is 1.96. The number of aryl methyl sites for hydroxylation is 4. The topological polar surface area (TPSA) is 44.2 Å². The molecular weight excluding hydrogens is 629 g/mol. The van der Waals surface area contributed by atoms with Crippen LogP contribution in [-0.4, -0.2) is 9.97 Å². The van der Waals surface area contributed by atoms with Crippen LogP contribution >= 0.6 is 22.7 Å². The van der Waals surface area contributed by atoms with E-state index in [4.69, 9.17) is 19.4 Å². The standard InChI is InChI=1S/C42H32N2O2S2/c1-25-5-13-29(14-6-25)41-43-36-24-37-39(44-42(47-37)30-15-7-26(2)8-16-30)38(40(36)48-41)31-21-34(45-32-17-9-27(3)10-18-32)23-35(22-31)46-33-19-11-28(4)12-20-33/h5-24H,1-4H3. The van der Waals surface area contributed by atoms with Gasteiger partial charge in [0.05, 0.1) is 20.4 Å². The third-order valence-corrected chi connectivity index (χ3v) is 10.5. The summed E-state index contributed by atoms with van der Waals surface area (Å²) in [7, 11) is 0. The molecule has 0 aliphatic heterocycles. The molecule has 0 amide bonds. The van der Waals surface area contributed by atoms with Crippen LogP contribution in [0.4, 0.5) is 0 Å². The number of aromatic nitrogens is 2. The summed E-state index contributed by atoms with van der Waals surface area (Å²) >= 11 is 3.39. The molecule has 8 aromatic rings. The lowest BCUT2D eigenvalue weighted by Crippen LogP contribution is -1.91. The maximum atomic E-state index is 6.48. The van der Waals surface area contributed by atoms with Crippen molar-refractivity contribution in [2.45, 2.75) is 27.7 Å². The van der Waals surface area contributed by atoms with E-state index in [-0.39, 0.29) is 0 Å². The third kappa shape index (κ3) is 6.08. The average Bonchev–Trinajstić information content (AvgIpc) is 3.70. The van der Waals surface area contributed by atoms with Crippen LogP contribution in [0.5, 0.6) is 23.0 Å². The first-order valence-electron chi connectivity index (χ1n) is 15.9. The van der Waals surface area contributed by atoms with Gasteiger partial charge >= 0.3 is 0 Å². The van der Waals surface area contributed by atoms with Gasteiger partial charge in [-0.15, -0.1) is 22.7 Å². The molecule has 0 saturated carbocycles. The number of thiazole rings is 2. The van der Waals surface area contributed by atoms with Crippen molar-refractivity contribution in [2.24, 2.45) is 0 Å². The van der Waals surface area contributed by atoms with Crippen LogP contribution in [0.15, 0.2) is 121 Å². The summed E-state index contributed by atoms with van der Waals surface area (Å²) in [5.74, 6) is 2.89. The van der Waals surface area contributed by atoms with Crippen molar-refractivity contribution in [1.82, 2.24) is 9.97 Å². The van der Waals surface area contributed by atoms with Crippen molar-refractivity contribution in [3.63, 3.8) is 0 Å². The van der Waals surface area contributed by atoms with Gasteiger partial charge in [0.25, 0.3) is 0 Å². The molecule has 48 heavy (non-hydrogen) atoms. The summed E-state index contributed by atoms with van der Waals surface area (Å²) in [6.45, 7) is 8.35. The van der Waals surface area contributed by atoms with Crippen molar-refractivity contribution < 1.29 is 9.47 Å². The molecule has 0 saturated heterocycles. The first kappa shape index (κ1) is 30.1. The summed E-state index contributed by atoms with van der Waals surface area (Å²) in [4.78, 5) is 10.5. The molecule has 0 aliphatic carbocycles. The monoisotopic (exact) mass is 660 g/mol. The summed E-state index contributed by atoms with van der Waals surface area (Å²) < 4.78 is 15.1. The predicted molar refractivity (Wildman–Crippen MR) is 201 cm³/mol. The zero-order chi connectivity index (χ0) is 32.8. The molecule has 6 aromatic carbocycles. The maximum Gasteiger partial charge on any atom is 0.131 e. The van der Waals surface area contributed by atoms with Gasteiger partial charge < -0.3 is 9.47 Å². The summed E-state index contributed by atoms with van der Waals surface area (Å²) in [6, 6.07) is 41.6. The molecule has 0 radical (unpaired) electrons. The Morgan fingerprint density at radius 2 is 0.896 bits per heavy atom. The number of fused-ring (bicyclic) bond motifs is 2. The molecule has 234 valence electrons. The molecule has 0 fully saturated rings. The second-order valence-corrected chi connectivity index (χ2v) is 14.3. The number of rotatable bonds is 7. The second kappa shape index (κ2) is 12.4. The molecule has 0 unspecified atom stereocenters. The molecule has 8 rings (SSSR count).